The first-order chi connectivity index (χ1) is 12.2. The van der Waals surface area contributed by atoms with Crippen LogP contribution in [0.5, 0.6) is 0 Å². The van der Waals surface area contributed by atoms with Crippen LogP contribution in [0.2, 0.25) is 0 Å². The van der Waals surface area contributed by atoms with Crippen molar-refractivity contribution in [3.8, 4) is 0 Å². The Kier molecular flexibility index (Phi) is 5.64. The highest BCUT2D eigenvalue weighted by atomic mass is 16.2. The Morgan fingerprint density at radius 2 is 1.76 bits per heavy atom. The van der Waals surface area contributed by atoms with Gasteiger partial charge in [0.05, 0.1) is 0 Å². The number of hydrogen-bond donors (Lipinski definition) is 0. The van der Waals surface area contributed by atoms with Crippen LogP contribution < -0.4 is 9.80 Å². The molecule has 1 aliphatic heterocycles. The van der Waals surface area contributed by atoms with E-state index in [0.29, 0.717) is 18.2 Å². The fourth-order valence-corrected chi connectivity index (χ4v) is 3.26. The largest absolute Gasteiger partial charge is 0.341 e. The topological polar surface area (TPSA) is 49.3 Å². The van der Waals surface area contributed by atoms with E-state index >= 15 is 0 Å². The lowest BCUT2D eigenvalue weighted by Crippen LogP contribution is -2.33. The normalized spacial score (nSPS) is 14.9. The molecule has 1 aliphatic rings. The van der Waals surface area contributed by atoms with Crippen molar-refractivity contribution in [1.82, 2.24) is 9.97 Å². The molecule has 0 unspecified atom stereocenters. The van der Waals surface area contributed by atoms with E-state index in [1.54, 1.807) is 11.0 Å². The van der Waals surface area contributed by atoms with E-state index in [-0.39, 0.29) is 5.91 Å². The standard InChI is InChI=1S/C20H26N4O/c1-3-24(17-11-7-6-8-12-17)19(25)18-15-16(2)21-20(22-18)23-13-9-4-5-10-14-23/h6-8,11-12,15H,3-5,9-10,13-14H2,1-2H3. The van der Waals surface area contributed by atoms with Gasteiger partial charge in [-0.15, -0.1) is 0 Å². The van der Waals surface area contributed by atoms with Gasteiger partial charge >= 0.3 is 0 Å². The van der Waals surface area contributed by atoms with E-state index in [1.807, 2.05) is 44.2 Å². The average molecular weight is 338 g/mol. The molecule has 0 atom stereocenters. The molecule has 1 saturated heterocycles. The Labute approximate surface area is 149 Å². The van der Waals surface area contributed by atoms with Crippen molar-refractivity contribution in [3.05, 3.63) is 47.8 Å². The van der Waals surface area contributed by atoms with Gasteiger partial charge in [-0.05, 0) is 44.9 Å². The molecule has 2 heterocycles. The van der Waals surface area contributed by atoms with E-state index in [0.717, 1.165) is 37.3 Å². The monoisotopic (exact) mass is 338 g/mol. The van der Waals surface area contributed by atoms with Gasteiger partial charge < -0.3 is 9.80 Å². The quantitative estimate of drug-likeness (QED) is 0.850. The highest BCUT2D eigenvalue weighted by Gasteiger charge is 2.21. The van der Waals surface area contributed by atoms with Crippen molar-refractivity contribution in [3.63, 3.8) is 0 Å². The number of hydrogen-bond acceptors (Lipinski definition) is 4. The highest BCUT2D eigenvalue weighted by Crippen LogP contribution is 2.20. The van der Waals surface area contributed by atoms with Crippen LogP contribution in [-0.2, 0) is 0 Å². The van der Waals surface area contributed by atoms with Crippen molar-refractivity contribution >= 4 is 17.5 Å². The summed E-state index contributed by atoms with van der Waals surface area (Å²) in [5.74, 6) is 0.615. The fourth-order valence-electron chi connectivity index (χ4n) is 3.26. The summed E-state index contributed by atoms with van der Waals surface area (Å²) in [6.45, 7) is 6.44. The Hall–Kier alpha value is -2.43. The zero-order valence-corrected chi connectivity index (χ0v) is 15.1. The molecule has 5 nitrogen and oxygen atoms in total. The molecule has 1 amide bonds. The molecule has 3 rings (SSSR count). The van der Waals surface area contributed by atoms with Crippen LogP contribution in [0, 0.1) is 6.92 Å². The Balaban J connectivity index is 1.89. The Morgan fingerprint density at radius 3 is 2.40 bits per heavy atom. The van der Waals surface area contributed by atoms with Crippen LogP contribution in [0.1, 0.15) is 48.8 Å². The number of aromatic nitrogens is 2. The minimum Gasteiger partial charge on any atom is -0.341 e. The van der Waals surface area contributed by atoms with Crippen LogP contribution in [0.3, 0.4) is 0 Å². The third-order valence-electron chi connectivity index (χ3n) is 4.58. The maximum Gasteiger partial charge on any atom is 0.277 e. The van der Waals surface area contributed by atoms with E-state index in [4.69, 9.17) is 0 Å². The van der Waals surface area contributed by atoms with Crippen molar-refractivity contribution < 1.29 is 4.79 Å². The number of aryl methyl sites for hydroxylation is 1. The maximum atomic E-state index is 13.0. The summed E-state index contributed by atoms with van der Waals surface area (Å²) in [6.07, 6.45) is 4.83. The first-order valence-electron chi connectivity index (χ1n) is 9.16. The van der Waals surface area contributed by atoms with Crippen LogP contribution in [-0.4, -0.2) is 35.5 Å². The number of para-hydroxylation sites is 1. The Morgan fingerprint density at radius 1 is 1.08 bits per heavy atom. The molecule has 0 aliphatic carbocycles. The molecule has 1 aromatic carbocycles. The van der Waals surface area contributed by atoms with Crippen LogP contribution >= 0.6 is 0 Å². The first kappa shape index (κ1) is 17.4. The van der Waals surface area contributed by atoms with Gasteiger partial charge in [-0.1, -0.05) is 31.0 Å². The third kappa shape index (κ3) is 4.16. The number of nitrogens with zero attached hydrogens (tertiary/aromatic N) is 4. The average Bonchev–Trinajstić information content (AvgIpc) is 2.92. The van der Waals surface area contributed by atoms with Crippen molar-refractivity contribution in [2.24, 2.45) is 0 Å². The molecule has 2 aromatic rings. The van der Waals surface area contributed by atoms with E-state index in [9.17, 15) is 4.79 Å². The lowest BCUT2D eigenvalue weighted by atomic mass is 10.2. The fraction of sp³-hybridized carbons (Fsp3) is 0.450. The number of carbonyl (C=O) groups excluding carboxylic acids is 1. The van der Waals surface area contributed by atoms with Gasteiger partial charge in [-0.3, -0.25) is 4.79 Å². The molecule has 0 spiro atoms. The number of anilines is 2. The summed E-state index contributed by atoms with van der Waals surface area (Å²) < 4.78 is 0. The predicted octanol–water partition coefficient (Wildman–Crippen LogP) is 3.83. The lowest BCUT2D eigenvalue weighted by molar-refractivity contribution is 0.0983. The molecule has 132 valence electrons. The maximum absolute atomic E-state index is 13.0. The number of benzene rings is 1. The molecule has 1 aromatic heterocycles. The van der Waals surface area contributed by atoms with Gasteiger partial charge in [0.1, 0.15) is 5.69 Å². The van der Waals surface area contributed by atoms with Crippen molar-refractivity contribution in [2.75, 3.05) is 29.4 Å². The molecular weight excluding hydrogens is 312 g/mol. The van der Waals surface area contributed by atoms with Crippen LogP contribution in [0.15, 0.2) is 36.4 Å². The Bertz CT molecular complexity index is 709. The number of carbonyl (C=O) groups is 1. The highest BCUT2D eigenvalue weighted by molar-refractivity contribution is 6.04. The van der Waals surface area contributed by atoms with Gasteiger partial charge in [0.15, 0.2) is 0 Å². The lowest BCUT2D eigenvalue weighted by Gasteiger charge is -2.23. The zero-order valence-electron chi connectivity index (χ0n) is 15.1. The first-order valence-corrected chi connectivity index (χ1v) is 9.16. The van der Waals surface area contributed by atoms with E-state index in [2.05, 4.69) is 14.9 Å². The second kappa shape index (κ2) is 8.10. The molecule has 0 bridgehead atoms. The summed E-state index contributed by atoms with van der Waals surface area (Å²) in [7, 11) is 0. The summed E-state index contributed by atoms with van der Waals surface area (Å²) in [6, 6.07) is 11.5. The van der Waals surface area contributed by atoms with Gasteiger partial charge in [-0.25, -0.2) is 9.97 Å². The van der Waals surface area contributed by atoms with Crippen molar-refractivity contribution in [1.29, 1.82) is 0 Å². The van der Waals surface area contributed by atoms with Crippen LogP contribution in [0.25, 0.3) is 0 Å². The van der Waals surface area contributed by atoms with E-state index in [1.165, 1.54) is 12.8 Å². The smallest absolute Gasteiger partial charge is 0.277 e. The zero-order chi connectivity index (χ0) is 17.6. The minimum atomic E-state index is -0.0738. The SMILES string of the molecule is CCN(C(=O)c1cc(C)nc(N2CCCCCC2)n1)c1ccccc1. The predicted molar refractivity (Wildman–Crippen MR) is 101 cm³/mol. The van der Waals surface area contributed by atoms with Gasteiger partial charge in [-0.2, -0.15) is 0 Å². The van der Waals surface area contributed by atoms with Crippen LogP contribution in [0.4, 0.5) is 11.6 Å². The molecule has 1 fully saturated rings. The van der Waals surface area contributed by atoms with Gasteiger partial charge in [0.2, 0.25) is 5.95 Å². The third-order valence-corrected chi connectivity index (χ3v) is 4.58. The van der Waals surface area contributed by atoms with Gasteiger partial charge in [0, 0.05) is 31.0 Å². The van der Waals surface area contributed by atoms with E-state index < -0.39 is 0 Å². The van der Waals surface area contributed by atoms with Gasteiger partial charge in [0.25, 0.3) is 5.91 Å². The van der Waals surface area contributed by atoms with Crippen molar-refractivity contribution in [2.45, 2.75) is 39.5 Å². The molecule has 0 saturated carbocycles. The summed E-state index contributed by atoms with van der Waals surface area (Å²) in [4.78, 5) is 26.2. The molecule has 0 N–H and O–H groups in total. The molecule has 5 heteroatoms. The minimum absolute atomic E-state index is 0.0738. The molecule has 25 heavy (non-hydrogen) atoms. The summed E-state index contributed by atoms with van der Waals surface area (Å²) >= 11 is 0. The molecular formula is C20H26N4O. The second-order valence-electron chi connectivity index (χ2n) is 6.48. The second-order valence-corrected chi connectivity index (χ2v) is 6.48. The number of rotatable bonds is 4. The molecule has 0 radical (unpaired) electrons. The number of amides is 1. The summed E-state index contributed by atoms with van der Waals surface area (Å²) in [5.41, 5.74) is 2.20. The summed E-state index contributed by atoms with van der Waals surface area (Å²) in [5, 5.41) is 0.